The molecular formula is C21H19ClN2OS. The van der Waals surface area contributed by atoms with E-state index >= 15 is 0 Å². The molecular weight excluding hydrogens is 364 g/mol. The van der Waals surface area contributed by atoms with Gasteiger partial charge >= 0.3 is 0 Å². The number of ether oxygens (including phenoxy) is 1. The van der Waals surface area contributed by atoms with Crippen LogP contribution in [0.4, 0.5) is 0 Å². The number of pyridine rings is 1. The Bertz CT molecular complexity index is 1120. The van der Waals surface area contributed by atoms with E-state index in [-0.39, 0.29) is 0 Å². The number of aromatic amines is 1. The molecule has 0 aliphatic heterocycles. The Hall–Kier alpha value is -2.17. The quantitative estimate of drug-likeness (QED) is 0.411. The van der Waals surface area contributed by atoms with Crippen LogP contribution >= 0.6 is 23.4 Å². The van der Waals surface area contributed by atoms with Gasteiger partial charge in [-0.3, -0.25) is 0 Å². The molecule has 3 nitrogen and oxygen atoms in total. The number of aromatic nitrogens is 2. The standard InChI is InChI=1S/C21H19ClN2OS/c1-4-26-14-7-5-6-13(9-14)15-10-17(22)20(25-3)19-18(15)16-8-12(2)11-23-21(16)24-19/h5-11H,4H2,1-3H3,(H,23,24). The molecule has 4 rings (SSSR count). The molecule has 2 aromatic heterocycles. The molecule has 0 saturated heterocycles. The van der Waals surface area contributed by atoms with Crippen LogP contribution in [0.15, 0.2) is 47.5 Å². The Morgan fingerprint density at radius 1 is 1.23 bits per heavy atom. The van der Waals surface area contributed by atoms with Gasteiger partial charge < -0.3 is 9.72 Å². The Morgan fingerprint density at radius 2 is 2.08 bits per heavy atom. The third-order valence-corrected chi connectivity index (χ3v) is 5.59. The average molecular weight is 383 g/mol. The highest BCUT2D eigenvalue weighted by molar-refractivity contribution is 7.99. The molecule has 0 amide bonds. The average Bonchev–Trinajstić information content (AvgIpc) is 3.00. The van der Waals surface area contributed by atoms with Crippen LogP contribution in [-0.2, 0) is 0 Å². The second-order valence-electron chi connectivity index (χ2n) is 6.18. The predicted molar refractivity (Wildman–Crippen MR) is 112 cm³/mol. The van der Waals surface area contributed by atoms with E-state index in [0.717, 1.165) is 44.4 Å². The smallest absolute Gasteiger partial charge is 0.161 e. The van der Waals surface area contributed by atoms with Crippen LogP contribution in [0.1, 0.15) is 12.5 Å². The molecule has 0 bridgehead atoms. The summed E-state index contributed by atoms with van der Waals surface area (Å²) in [5.41, 5.74) is 5.07. The first-order valence-corrected chi connectivity index (χ1v) is 9.86. The molecule has 0 spiro atoms. The van der Waals surface area contributed by atoms with Crippen molar-refractivity contribution in [1.82, 2.24) is 9.97 Å². The first-order valence-electron chi connectivity index (χ1n) is 8.50. The Kier molecular flexibility index (Phi) is 4.55. The van der Waals surface area contributed by atoms with Crippen LogP contribution in [0.25, 0.3) is 33.1 Å². The van der Waals surface area contributed by atoms with Crippen molar-refractivity contribution < 1.29 is 4.74 Å². The highest BCUT2D eigenvalue weighted by atomic mass is 35.5. The topological polar surface area (TPSA) is 37.9 Å². The summed E-state index contributed by atoms with van der Waals surface area (Å²) in [5.74, 6) is 1.69. The summed E-state index contributed by atoms with van der Waals surface area (Å²) in [4.78, 5) is 9.19. The van der Waals surface area contributed by atoms with E-state index in [9.17, 15) is 0 Å². The monoisotopic (exact) mass is 382 g/mol. The lowest BCUT2D eigenvalue weighted by atomic mass is 9.99. The number of hydrogen-bond donors (Lipinski definition) is 1. The number of fused-ring (bicyclic) bond motifs is 3. The second kappa shape index (κ2) is 6.86. The summed E-state index contributed by atoms with van der Waals surface area (Å²) in [7, 11) is 1.64. The zero-order chi connectivity index (χ0) is 18.3. The molecule has 5 heteroatoms. The summed E-state index contributed by atoms with van der Waals surface area (Å²) in [6.07, 6.45) is 1.87. The normalized spacial score (nSPS) is 11.4. The molecule has 26 heavy (non-hydrogen) atoms. The number of nitrogens with zero attached hydrogens (tertiary/aromatic N) is 1. The van der Waals surface area contributed by atoms with Crippen LogP contribution < -0.4 is 4.74 Å². The number of H-pyrrole nitrogens is 1. The van der Waals surface area contributed by atoms with Crippen molar-refractivity contribution >= 4 is 45.3 Å². The van der Waals surface area contributed by atoms with Crippen LogP contribution in [0, 0.1) is 6.92 Å². The lowest BCUT2D eigenvalue weighted by molar-refractivity contribution is 0.419. The van der Waals surface area contributed by atoms with Crippen molar-refractivity contribution in [3.63, 3.8) is 0 Å². The van der Waals surface area contributed by atoms with Crippen molar-refractivity contribution in [3.8, 4) is 16.9 Å². The molecule has 4 aromatic rings. The van der Waals surface area contributed by atoms with Crippen molar-refractivity contribution in [2.24, 2.45) is 0 Å². The van der Waals surface area contributed by atoms with E-state index in [4.69, 9.17) is 16.3 Å². The molecule has 0 atom stereocenters. The lowest BCUT2D eigenvalue weighted by Gasteiger charge is -2.11. The highest BCUT2D eigenvalue weighted by Crippen LogP contribution is 2.43. The van der Waals surface area contributed by atoms with Crippen LogP contribution in [0.3, 0.4) is 0 Å². The molecule has 132 valence electrons. The molecule has 1 N–H and O–H groups in total. The minimum absolute atomic E-state index is 0.590. The zero-order valence-corrected chi connectivity index (χ0v) is 16.5. The predicted octanol–water partition coefficient (Wildman–Crippen LogP) is 6.47. The molecule has 0 aliphatic carbocycles. The molecule has 2 aromatic carbocycles. The van der Waals surface area contributed by atoms with E-state index in [1.807, 2.05) is 24.0 Å². The van der Waals surface area contributed by atoms with Gasteiger partial charge in [-0.15, -0.1) is 11.8 Å². The van der Waals surface area contributed by atoms with E-state index in [2.05, 4.69) is 54.1 Å². The SMILES string of the molecule is CCSc1cccc(-c2cc(Cl)c(OC)c3[nH]c4ncc(C)cc4c23)c1. The Labute approximate surface area is 161 Å². The lowest BCUT2D eigenvalue weighted by Crippen LogP contribution is -1.89. The van der Waals surface area contributed by atoms with Gasteiger partial charge in [-0.1, -0.05) is 30.7 Å². The summed E-state index contributed by atoms with van der Waals surface area (Å²) in [6.45, 7) is 4.21. The van der Waals surface area contributed by atoms with Gasteiger partial charge in [0, 0.05) is 21.9 Å². The molecule has 2 heterocycles. The van der Waals surface area contributed by atoms with Gasteiger partial charge in [0.05, 0.1) is 17.6 Å². The Balaban J connectivity index is 2.10. The van der Waals surface area contributed by atoms with Crippen molar-refractivity contribution in [3.05, 3.63) is 53.2 Å². The largest absolute Gasteiger partial charge is 0.493 e. The maximum absolute atomic E-state index is 6.55. The van der Waals surface area contributed by atoms with Gasteiger partial charge in [-0.2, -0.15) is 0 Å². The highest BCUT2D eigenvalue weighted by Gasteiger charge is 2.18. The fraction of sp³-hybridized carbons (Fsp3) is 0.190. The number of hydrogen-bond acceptors (Lipinski definition) is 3. The number of benzene rings is 2. The van der Waals surface area contributed by atoms with Gasteiger partial charge in [0.25, 0.3) is 0 Å². The van der Waals surface area contributed by atoms with E-state index in [1.165, 1.54) is 4.90 Å². The zero-order valence-electron chi connectivity index (χ0n) is 14.9. The van der Waals surface area contributed by atoms with Gasteiger partial charge in [-0.05, 0) is 53.6 Å². The summed E-state index contributed by atoms with van der Waals surface area (Å²) in [6, 6.07) is 12.7. The maximum atomic E-state index is 6.55. The first kappa shape index (κ1) is 17.3. The molecule has 0 unspecified atom stereocenters. The third kappa shape index (κ3) is 2.83. The number of thioether (sulfide) groups is 1. The molecule has 0 aliphatic rings. The van der Waals surface area contributed by atoms with Crippen molar-refractivity contribution in [2.45, 2.75) is 18.7 Å². The first-order chi connectivity index (χ1) is 12.6. The van der Waals surface area contributed by atoms with Crippen molar-refractivity contribution in [2.75, 3.05) is 12.9 Å². The van der Waals surface area contributed by atoms with Gasteiger partial charge in [0.15, 0.2) is 5.75 Å². The minimum atomic E-state index is 0.590. The third-order valence-electron chi connectivity index (χ3n) is 4.43. The van der Waals surface area contributed by atoms with Crippen molar-refractivity contribution in [1.29, 1.82) is 0 Å². The molecule has 0 saturated carbocycles. The number of rotatable bonds is 4. The number of aryl methyl sites for hydroxylation is 1. The summed E-state index contributed by atoms with van der Waals surface area (Å²) in [5, 5.41) is 2.77. The number of methoxy groups -OCH3 is 1. The summed E-state index contributed by atoms with van der Waals surface area (Å²) >= 11 is 8.38. The van der Waals surface area contributed by atoms with Gasteiger partial charge in [-0.25, -0.2) is 4.98 Å². The second-order valence-corrected chi connectivity index (χ2v) is 7.93. The van der Waals surface area contributed by atoms with Gasteiger partial charge in [0.1, 0.15) is 5.65 Å². The van der Waals surface area contributed by atoms with Crippen LogP contribution in [0.5, 0.6) is 5.75 Å². The number of halogens is 1. The Morgan fingerprint density at radius 3 is 2.85 bits per heavy atom. The fourth-order valence-corrected chi connectivity index (χ4v) is 4.36. The van der Waals surface area contributed by atoms with Crippen LogP contribution in [0.2, 0.25) is 5.02 Å². The minimum Gasteiger partial charge on any atom is -0.493 e. The maximum Gasteiger partial charge on any atom is 0.161 e. The van der Waals surface area contributed by atoms with Gasteiger partial charge in [0.2, 0.25) is 0 Å². The van der Waals surface area contributed by atoms with Crippen LogP contribution in [-0.4, -0.2) is 22.8 Å². The summed E-state index contributed by atoms with van der Waals surface area (Å²) < 4.78 is 5.58. The fourth-order valence-electron chi connectivity index (χ4n) is 3.36. The van der Waals surface area contributed by atoms with E-state index in [0.29, 0.717) is 10.8 Å². The molecule has 0 fully saturated rings. The van der Waals surface area contributed by atoms with E-state index < -0.39 is 0 Å². The van der Waals surface area contributed by atoms with E-state index in [1.54, 1.807) is 7.11 Å². The number of nitrogens with one attached hydrogen (secondary N) is 1. The molecule has 0 radical (unpaired) electrons.